The lowest BCUT2D eigenvalue weighted by Gasteiger charge is -2.46. The summed E-state index contributed by atoms with van der Waals surface area (Å²) in [6.07, 6.45) is 8.33. The van der Waals surface area contributed by atoms with Crippen LogP contribution in [-0.4, -0.2) is 42.4 Å². The van der Waals surface area contributed by atoms with Crippen molar-refractivity contribution in [1.82, 2.24) is 10.2 Å². The highest BCUT2D eigenvalue weighted by molar-refractivity contribution is 5.81. The van der Waals surface area contributed by atoms with Crippen molar-refractivity contribution in [1.29, 1.82) is 0 Å². The highest BCUT2D eigenvalue weighted by Crippen LogP contribution is 2.43. The van der Waals surface area contributed by atoms with E-state index in [1.807, 2.05) is 0 Å². The van der Waals surface area contributed by atoms with Gasteiger partial charge in [0.05, 0.1) is 0 Å². The molecule has 3 N–H and O–H groups in total. The second-order valence-corrected chi connectivity index (χ2v) is 8.51. The van der Waals surface area contributed by atoms with Gasteiger partial charge in [-0.2, -0.15) is 0 Å². The molecule has 0 aromatic heterocycles. The second-order valence-electron chi connectivity index (χ2n) is 8.51. The van der Waals surface area contributed by atoms with Crippen molar-refractivity contribution in [2.24, 2.45) is 28.9 Å². The molecule has 2 saturated heterocycles. The Morgan fingerprint density at radius 2 is 1.96 bits per heavy atom. The van der Waals surface area contributed by atoms with E-state index in [-0.39, 0.29) is 17.2 Å². The molecule has 128 valence electrons. The fourth-order valence-electron chi connectivity index (χ4n) is 5.69. The van der Waals surface area contributed by atoms with Crippen molar-refractivity contribution in [3.05, 3.63) is 0 Å². The highest BCUT2D eigenvalue weighted by Gasteiger charge is 2.46. The predicted molar refractivity (Wildman–Crippen MR) is 87.4 cm³/mol. The van der Waals surface area contributed by atoms with Crippen molar-refractivity contribution in [3.63, 3.8) is 0 Å². The molecule has 0 aromatic rings. The van der Waals surface area contributed by atoms with Crippen molar-refractivity contribution in [2.75, 3.05) is 19.6 Å². The molecule has 4 rings (SSSR count). The molecule has 3 unspecified atom stereocenters. The van der Waals surface area contributed by atoms with Gasteiger partial charge in [-0.05, 0) is 50.4 Å². The fraction of sp³-hybridized carbons (Fsp3) is 0.889. The van der Waals surface area contributed by atoms with Crippen LogP contribution in [0.5, 0.6) is 0 Å². The monoisotopic (exact) mass is 319 g/mol. The smallest absolute Gasteiger partial charge is 0.225 e. The van der Waals surface area contributed by atoms with Gasteiger partial charge in [0.15, 0.2) is 0 Å². The zero-order valence-corrected chi connectivity index (χ0v) is 13.9. The third-order valence-electron chi connectivity index (χ3n) is 6.93. The lowest BCUT2D eigenvalue weighted by molar-refractivity contribution is -0.142. The number of likely N-dealkylation sites (tertiary alicyclic amines) is 1. The number of amides is 2. The molecule has 3 atom stereocenters. The van der Waals surface area contributed by atoms with Gasteiger partial charge < -0.3 is 16.0 Å². The normalized spacial score (nSPS) is 43.5. The molecule has 2 heterocycles. The molecule has 2 aliphatic heterocycles. The number of rotatable bonds is 1. The molecule has 2 bridgehead atoms. The van der Waals surface area contributed by atoms with E-state index in [4.69, 9.17) is 5.73 Å². The number of carbonyl (C=O) groups is 2. The van der Waals surface area contributed by atoms with Crippen LogP contribution in [0.4, 0.5) is 0 Å². The predicted octanol–water partition coefficient (Wildman–Crippen LogP) is 1.27. The number of hydrogen-bond donors (Lipinski definition) is 2. The van der Waals surface area contributed by atoms with Crippen LogP contribution >= 0.6 is 0 Å². The van der Waals surface area contributed by atoms with Gasteiger partial charge in [-0.3, -0.25) is 9.59 Å². The number of piperidine rings is 1. The summed E-state index contributed by atoms with van der Waals surface area (Å²) in [5, 5.41) is 2.96. The number of nitrogens with one attached hydrogen (secondary N) is 1. The van der Waals surface area contributed by atoms with Crippen LogP contribution in [0.3, 0.4) is 0 Å². The summed E-state index contributed by atoms with van der Waals surface area (Å²) < 4.78 is 0. The first-order chi connectivity index (χ1) is 11.1. The molecule has 2 aliphatic carbocycles. The zero-order chi connectivity index (χ0) is 16.0. The van der Waals surface area contributed by atoms with Crippen LogP contribution in [0.1, 0.15) is 51.4 Å². The third kappa shape index (κ3) is 2.77. The number of hydrogen-bond acceptors (Lipinski definition) is 3. The first-order valence-corrected chi connectivity index (χ1v) is 9.37. The fourth-order valence-corrected chi connectivity index (χ4v) is 5.69. The molecule has 4 fully saturated rings. The summed E-state index contributed by atoms with van der Waals surface area (Å²) >= 11 is 0. The molecule has 4 aliphatic rings. The average molecular weight is 319 g/mol. The number of nitrogens with zero attached hydrogens (tertiary/aromatic N) is 1. The van der Waals surface area contributed by atoms with Crippen molar-refractivity contribution in [2.45, 2.75) is 57.4 Å². The molecule has 5 heteroatoms. The van der Waals surface area contributed by atoms with Crippen molar-refractivity contribution in [3.8, 4) is 0 Å². The van der Waals surface area contributed by atoms with Gasteiger partial charge >= 0.3 is 0 Å². The van der Waals surface area contributed by atoms with Crippen LogP contribution in [0.25, 0.3) is 0 Å². The van der Waals surface area contributed by atoms with Gasteiger partial charge in [0.2, 0.25) is 11.8 Å². The Hall–Kier alpha value is -1.10. The maximum atomic E-state index is 13.1. The van der Waals surface area contributed by atoms with Gasteiger partial charge in [-0.1, -0.05) is 6.42 Å². The zero-order valence-electron chi connectivity index (χ0n) is 13.9. The summed E-state index contributed by atoms with van der Waals surface area (Å²) in [7, 11) is 0. The SMILES string of the molecule is NC1C2CCCC1CC(C(=O)N1CCCC3(CNC(=O)C3)C1)C2. The van der Waals surface area contributed by atoms with Gasteiger partial charge in [0, 0.05) is 43.4 Å². The molecule has 0 aromatic carbocycles. The summed E-state index contributed by atoms with van der Waals surface area (Å²) in [6, 6.07) is 0.317. The van der Waals surface area contributed by atoms with E-state index < -0.39 is 0 Å². The molecular formula is C18H29N3O2. The third-order valence-corrected chi connectivity index (χ3v) is 6.93. The van der Waals surface area contributed by atoms with Gasteiger partial charge in [0.25, 0.3) is 0 Å². The van der Waals surface area contributed by atoms with Crippen LogP contribution < -0.4 is 11.1 Å². The van der Waals surface area contributed by atoms with E-state index in [2.05, 4.69) is 10.2 Å². The molecule has 2 saturated carbocycles. The minimum atomic E-state index is 0.00589. The minimum Gasteiger partial charge on any atom is -0.355 e. The van der Waals surface area contributed by atoms with Crippen LogP contribution in [0, 0.1) is 23.2 Å². The van der Waals surface area contributed by atoms with E-state index in [1.54, 1.807) is 0 Å². The Kier molecular flexibility index (Phi) is 3.87. The summed E-state index contributed by atoms with van der Waals surface area (Å²) in [4.78, 5) is 26.8. The van der Waals surface area contributed by atoms with E-state index in [9.17, 15) is 9.59 Å². The first kappa shape index (κ1) is 15.4. The molecule has 1 spiro atoms. The van der Waals surface area contributed by atoms with Crippen molar-refractivity contribution < 1.29 is 9.59 Å². The summed E-state index contributed by atoms with van der Waals surface area (Å²) in [6.45, 7) is 2.38. The second kappa shape index (κ2) is 5.76. The van der Waals surface area contributed by atoms with Crippen LogP contribution in [0.2, 0.25) is 0 Å². The molecule has 5 nitrogen and oxygen atoms in total. The maximum absolute atomic E-state index is 13.1. The van der Waals surface area contributed by atoms with E-state index >= 15 is 0 Å². The van der Waals surface area contributed by atoms with E-state index in [1.165, 1.54) is 19.3 Å². The van der Waals surface area contributed by atoms with Gasteiger partial charge in [0.1, 0.15) is 0 Å². The Morgan fingerprint density at radius 1 is 1.22 bits per heavy atom. The summed E-state index contributed by atoms with van der Waals surface area (Å²) in [5.41, 5.74) is 6.37. The molecular weight excluding hydrogens is 290 g/mol. The number of fused-ring (bicyclic) bond motifs is 2. The Bertz CT molecular complexity index is 494. The Labute approximate surface area is 138 Å². The lowest BCUT2D eigenvalue weighted by atomic mass is 9.64. The minimum absolute atomic E-state index is 0.00589. The van der Waals surface area contributed by atoms with Gasteiger partial charge in [-0.25, -0.2) is 0 Å². The van der Waals surface area contributed by atoms with Crippen LogP contribution in [-0.2, 0) is 9.59 Å². The average Bonchev–Trinajstić information content (AvgIpc) is 2.86. The molecule has 0 radical (unpaired) electrons. The highest BCUT2D eigenvalue weighted by atomic mass is 16.2. The standard InChI is InChI=1S/C18H29N3O2/c19-16-12-3-1-4-13(16)8-14(7-12)17(23)21-6-2-5-18(11-21)9-15(22)20-10-18/h12-14,16H,1-11,19H2,(H,20,22). The number of carbonyl (C=O) groups excluding carboxylic acids is 2. The van der Waals surface area contributed by atoms with E-state index in [0.717, 1.165) is 45.3 Å². The van der Waals surface area contributed by atoms with E-state index in [0.29, 0.717) is 30.2 Å². The lowest BCUT2D eigenvalue weighted by Crippen LogP contribution is -2.53. The Balaban J connectivity index is 1.43. The molecule has 2 amide bonds. The Morgan fingerprint density at radius 3 is 2.61 bits per heavy atom. The van der Waals surface area contributed by atoms with Crippen LogP contribution in [0.15, 0.2) is 0 Å². The maximum Gasteiger partial charge on any atom is 0.225 e. The number of nitrogens with two attached hydrogens (primary N) is 1. The van der Waals surface area contributed by atoms with Crippen molar-refractivity contribution >= 4 is 11.8 Å². The molecule has 23 heavy (non-hydrogen) atoms. The quantitative estimate of drug-likeness (QED) is 0.764. The first-order valence-electron chi connectivity index (χ1n) is 9.37. The van der Waals surface area contributed by atoms with Gasteiger partial charge in [-0.15, -0.1) is 0 Å². The summed E-state index contributed by atoms with van der Waals surface area (Å²) in [5.74, 6) is 1.75. The largest absolute Gasteiger partial charge is 0.355 e. The topological polar surface area (TPSA) is 75.4 Å².